The summed E-state index contributed by atoms with van der Waals surface area (Å²) < 4.78 is 13.0. The molecule has 0 radical (unpaired) electrons. The van der Waals surface area contributed by atoms with E-state index in [2.05, 4.69) is 25.9 Å². The van der Waals surface area contributed by atoms with Crippen molar-refractivity contribution in [2.45, 2.75) is 46.2 Å². The van der Waals surface area contributed by atoms with Gasteiger partial charge in [-0.05, 0) is 45.4 Å². The highest BCUT2D eigenvalue weighted by molar-refractivity contribution is 5.82. The number of hydrogen-bond acceptors (Lipinski definition) is 5. The third-order valence-corrected chi connectivity index (χ3v) is 5.21. The fourth-order valence-electron chi connectivity index (χ4n) is 3.75. The maximum absolute atomic E-state index is 12.7. The second-order valence-electron chi connectivity index (χ2n) is 8.46. The second kappa shape index (κ2) is 7.06. The molecule has 0 atom stereocenters. The lowest BCUT2D eigenvalue weighted by Crippen LogP contribution is -2.40. The first kappa shape index (κ1) is 19.2. The number of ether oxygens (including phenoxy) is 1. The Balaban J connectivity index is 1.44. The van der Waals surface area contributed by atoms with Crippen LogP contribution in [0.5, 0.6) is 5.75 Å². The van der Waals surface area contributed by atoms with E-state index in [9.17, 15) is 9.59 Å². The zero-order valence-corrected chi connectivity index (χ0v) is 17.2. The predicted octanol–water partition coefficient (Wildman–Crippen LogP) is 3.02. The molecule has 0 unspecified atom stereocenters. The predicted molar refractivity (Wildman–Crippen MR) is 109 cm³/mol. The maximum atomic E-state index is 12.7. The number of aromatic nitrogens is 2. The van der Waals surface area contributed by atoms with Crippen LogP contribution in [-0.4, -0.2) is 33.7 Å². The van der Waals surface area contributed by atoms with E-state index in [1.807, 2.05) is 23.9 Å². The van der Waals surface area contributed by atoms with Crippen molar-refractivity contribution in [3.05, 3.63) is 57.7 Å². The van der Waals surface area contributed by atoms with Crippen molar-refractivity contribution in [2.75, 3.05) is 13.2 Å². The van der Waals surface area contributed by atoms with Gasteiger partial charge >= 0.3 is 5.63 Å². The van der Waals surface area contributed by atoms with Crippen molar-refractivity contribution in [1.29, 1.82) is 0 Å². The number of rotatable bonds is 3. The molecule has 0 N–H and O–H groups in total. The van der Waals surface area contributed by atoms with Crippen LogP contribution in [0.4, 0.5) is 0 Å². The summed E-state index contributed by atoms with van der Waals surface area (Å²) in [6.45, 7) is 9.35. The van der Waals surface area contributed by atoms with Crippen LogP contribution in [0.15, 0.2) is 39.7 Å². The zero-order chi connectivity index (χ0) is 20.8. The minimum Gasteiger partial charge on any atom is -0.484 e. The van der Waals surface area contributed by atoms with Crippen molar-refractivity contribution >= 4 is 16.9 Å². The molecule has 0 fully saturated rings. The Kier molecular flexibility index (Phi) is 4.68. The molecule has 3 heterocycles. The van der Waals surface area contributed by atoms with Crippen LogP contribution in [0, 0.1) is 6.92 Å². The van der Waals surface area contributed by atoms with Gasteiger partial charge in [-0.15, -0.1) is 0 Å². The van der Waals surface area contributed by atoms with Crippen LogP contribution in [0.2, 0.25) is 0 Å². The molecule has 29 heavy (non-hydrogen) atoms. The third kappa shape index (κ3) is 3.77. The Labute approximate surface area is 168 Å². The first-order chi connectivity index (χ1) is 13.7. The standard InChI is InChI=1S/C22H25N3O4/c1-14-9-21(27)29-19-10-16(5-6-17(14)19)28-13-20(26)24-8-7-18-15(12-24)11-23-25(18)22(2,3)4/h5-6,9-11H,7-8,12-13H2,1-4H3. The van der Waals surface area contributed by atoms with Gasteiger partial charge in [0, 0.05) is 48.3 Å². The highest BCUT2D eigenvalue weighted by atomic mass is 16.5. The van der Waals surface area contributed by atoms with E-state index >= 15 is 0 Å². The average molecular weight is 395 g/mol. The molecular weight excluding hydrogens is 370 g/mol. The summed E-state index contributed by atoms with van der Waals surface area (Å²) >= 11 is 0. The van der Waals surface area contributed by atoms with Gasteiger partial charge in [-0.25, -0.2) is 4.79 Å². The fourth-order valence-corrected chi connectivity index (χ4v) is 3.75. The molecule has 4 rings (SSSR count). The molecule has 7 heteroatoms. The van der Waals surface area contributed by atoms with Crippen molar-refractivity contribution in [2.24, 2.45) is 0 Å². The first-order valence-corrected chi connectivity index (χ1v) is 9.74. The van der Waals surface area contributed by atoms with E-state index in [4.69, 9.17) is 9.15 Å². The summed E-state index contributed by atoms with van der Waals surface area (Å²) in [7, 11) is 0. The van der Waals surface area contributed by atoms with Crippen LogP contribution in [-0.2, 0) is 23.3 Å². The lowest BCUT2D eigenvalue weighted by molar-refractivity contribution is -0.134. The molecular formula is C22H25N3O4. The van der Waals surface area contributed by atoms with Gasteiger partial charge in [-0.1, -0.05) is 0 Å². The third-order valence-electron chi connectivity index (χ3n) is 5.21. The first-order valence-electron chi connectivity index (χ1n) is 9.74. The van der Waals surface area contributed by atoms with Crippen molar-refractivity contribution < 1.29 is 13.9 Å². The lowest BCUT2D eigenvalue weighted by Gasteiger charge is -2.30. The second-order valence-corrected chi connectivity index (χ2v) is 8.46. The summed E-state index contributed by atoms with van der Waals surface area (Å²) in [5, 5.41) is 5.36. The van der Waals surface area contributed by atoms with E-state index in [-0.39, 0.29) is 18.1 Å². The van der Waals surface area contributed by atoms with Gasteiger partial charge in [-0.2, -0.15) is 5.10 Å². The number of carbonyl (C=O) groups is 1. The fraction of sp³-hybridized carbons (Fsp3) is 0.409. The number of fused-ring (bicyclic) bond motifs is 2. The van der Waals surface area contributed by atoms with E-state index in [1.165, 1.54) is 11.8 Å². The number of nitrogens with zero attached hydrogens (tertiary/aromatic N) is 3. The van der Waals surface area contributed by atoms with Gasteiger partial charge in [0.2, 0.25) is 0 Å². The molecule has 1 aliphatic heterocycles. The average Bonchev–Trinajstić information content (AvgIpc) is 3.09. The minimum absolute atomic E-state index is 0.0652. The van der Waals surface area contributed by atoms with Crippen LogP contribution < -0.4 is 10.4 Å². The van der Waals surface area contributed by atoms with Crippen LogP contribution >= 0.6 is 0 Å². The summed E-state index contributed by atoms with van der Waals surface area (Å²) in [5.41, 5.74) is 3.11. The molecule has 3 aromatic rings. The molecule has 1 aliphatic rings. The van der Waals surface area contributed by atoms with Gasteiger partial charge < -0.3 is 14.1 Å². The molecule has 0 spiro atoms. The number of carbonyl (C=O) groups excluding carboxylic acids is 1. The number of amides is 1. The Morgan fingerprint density at radius 3 is 2.83 bits per heavy atom. The molecule has 152 valence electrons. The summed E-state index contributed by atoms with van der Waals surface area (Å²) in [5.74, 6) is 0.419. The summed E-state index contributed by atoms with van der Waals surface area (Å²) in [4.78, 5) is 26.0. The maximum Gasteiger partial charge on any atom is 0.336 e. The Morgan fingerprint density at radius 2 is 2.07 bits per heavy atom. The molecule has 0 saturated carbocycles. The van der Waals surface area contributed by atoms with Crippen LogP contribution in [0.25, 0.3) is 11.0 Å². The van der Waals surface area contributed by atoms with Gasteiger partial charge in [-0.3, -0.25) is 9.48 Å². The molecule has 0 bridgehead atoms. The molecule has 0 aliphatic carbocycles. The minimum atomic E-state index is -0.400. The Morgan fingerprint density at radius 1 is 1.28 bits per heavy atom. The number of hydrogen-bond donors (Lipinski definition) is 0. The normalized spacial score (nSPS) is 14.1. The molecule has 0 saturated heterocycles. The summed E-state index contributed by atoms with van der Waals surface area (Å²) in [6, 6.07) is 6.73. The molecule has 1 amide bonds. The monoisotopic (exact) mass is 395 g/mol. The highest BCUT2D eigenvalue weighted by Gasteiger charge is 2.27. The lowest BCUT2D eigenvalue weighted by atomic mass is 10.0. The van der Waals surface area contributed by atoms with E-state index < -0.39 is 5.63 Å². The quantitative estimate of drug-likeness (QED) is 0.637. The molecule has 1 aromatic carbocycles. The van der Waals surface area contributed by atoms with Crippen molar-refractivity contribution in [3.63, 3.8) is 0 Å². The van der Waals surface area contributed by atoms with Gasteiger partial charge in [0.1, 0.15) is 11.3 Å². The van der Waals surface area contributed by atoms with Crippen molar-refractivity contribution in [1.82, 2.24) is 14.7 Å². The Hall–Kier alpha value is -3.09. The van der Waals surface area contributed by atoms with Crippen LogP contribution in [0.1, 0.15) is 37.6 Å². The Bertz CT molecular complexity index is 1140. The van der Waals surface area contributed by atoms with Crippen molar-refractivity contribution in [3.8, 4) is 5.75 Å². The zero-order valence-electron chi connectivity index (χ0n) is 17.2. The van der Waals surface area contributed by atoms with Gasteiger partial charge in [0.15, 0.2) is 6.61 Å². The molecule has 7 nitrogen and oxygen atoms in total. The van der Waals surface area contributed by atoms with E-state index in [0.717, 1.165) is 22.9 Å². The smallest absolute Gasteiger partial charge is 0.336 e. The van der Waals surface area contributed by atoms with Gasteiger partial charge in [0.05, 0.1) is 11.7 Å². The number of benzene rings is 1. The SMILES string of the molecule is Cc1cc(=O)oc2cc(OCC(=O)N3CCc4c(cnn4C(C)(C)C)C3)ccc12. The largest absolute Gasteiger partial charge is 0.484 e. The highest BCUT2D eigenvalue weighted by Crippen LogP contribution is 2.25. The topological polar surface area (TPSA) is 77.6 Å². The van der Waals surface area contributed by atoms with Gasteiger partial charge in [0.25, 0.3) is 5.91 Å². The van der Waals surface area contributed by atoms with Crippen LogP contribution in [0.3, 0.4) is 0 Å². The molecule has 2 aromatic heterocycles. The van der Waals surface area contributed by atoms with E-state index in [1.54, 1.807) is 17.0 Å². The summed E-state index contributed by atoms with van der Waals surface area (Å²) in [6.07, 6.45) is 2.63. The number of aryl methyl sites for hydroxylation is 1. The van der Waals surface area contributed by atoms with E-state index in [0.29, 0.717) is 24.4 Å².